The minimum atomic E-state index is -0.684. The molecule has 0 aromatic heterocycles. The molecule has 0 unspecified atom stereocenters. The molecule has 1 spiro atoms. The molecule has 0 radical (unpaired) electrons. The van der Waals surface area contributed by atoms with Gasteiger partial charge in [-0.25, -0.2) is 0 Å². The Hall–Kier alpha value is -3.03. The van der Waals surface area contributed by atoms with Crippen molar-refractivity contribution in [2.24, 2.45) is 5.41 Å². The Balaban J connectivity index is 1.16. The summed E-state index contributed by atoms with van der Waals surface area (Å²) in [5, 5.41) is 14.5. The first-order valence-corrected chi connectivity index (χ1v) is 13.4. The Bertz CT molecular complexity index is 1280. The SMILES string of the molecule is CC1(C)CN(C[C@@H](O)[C@@H]2Cc3ccccc3CN2)C(=O)c2ccc(C(=O)N3CCC4(CC(=O)C4)C3)cc21. The molecule has 2 amide bonds. The highest BCUT2D eigenvalue weighted by Gasteiger charge is 2.49. The van der Waals surface area contributed by atoms with E-state index in [1.807, 2.05) is 23.1 Å². The van der Waals surface area contributed by atoms with Crippen LogP contribution < -0.4 is 5.32 Å². The summed E-state index contributed by atoms with van der Waals surface area (Å²) in [7, 11) is 0. The molecule has 3 aliphatic heterocycles. The molecule has 2 aromatic rings. The molecule has 2 atom stereocenters. The number of β-amino-alcohol motifs (C(OH)–C–C–N with tert-alkyl or cyclic N) is 1. The third-order valence-corrected chi connectivity index (χ3v) is 8.95. The summed E-state index contributed by atoms with van der Waals surface area (Å²) in [6.07, 6.45) is 2.12. The van der Waals surface area contributed by atoms with Gasteiger partial charge in [-0.1, -0.05) is 38.1 Å². The van der Waals surface area contributed by atoms with Crippen LogP contribution in [0.2, 0.25) is 0 Å². The number of amides is 2. The minimum absolute atomic E-state index is 0.00715. The van der Waals surface area contributed by atoms with Crippen molar-refractivity contribution < 1.29 is 19.5 Å². The number of ketones is 1. The smallest absolute Gasteiger partial charge is 0.254 e. The van der Waals surface area contributed by atoms with Crippen molar-refractivity contribution >= 4 is 17.6 Å². The van der Waals surface area contributed by atoms with E-state index in [-0.39, 0.29) is 35.2 Å². The number of rotatable bonds is 4. The number of nitrogens with zero attached hydrogens (tertiary/aromatic N) is 2. The minimum Gasteiger partial charge on any atom is -0.390 e. The number of benzene rings is 2. The fraction of sp³-hybridized carbons (Fsp3) is 0.500. The molecule has 1 saturated carbocycles. The van der Waals surface area contributed by atoms with Crippen molar-refractivity contribution in [3.05, 3.63) is 70.3 Å². The third-order valence-electron chi connectivity index (χ3n) is 8.95. The Morgan fingerprint density at radius 1 is 1.11 bits per heavy atom. The average molecular weight is 502 g/mol. The predicted octanol–water partition coefficient (Wildman–Crippen LogP) is 2.69. The lowest BCUT2D eigenvalue weighted by Crippen LogP contribution is -2.54. The van der Waals surface area contributed by atoms with Gasteiger partial charge >= 0.3 is 0 Å². The van der Waals surface area contributed by atoms with Gasteiger partial charge in [-0.2, -0.15) is 0 Å². The fourth-order valence-corrected chi connectivity index (χ4v) is 6.84. The molecule has 2 fully saturated rings. The van der Waals surface area contributed by atoms with Crippen molar-refractivity contribution in [2.45, 2.75) is 63.6 Å². The van der Waals surface area contributed by atoms with Gasteiger partial charge in [0.2, 0.25) is 0 Å². The largest absolute Gasteiger partial charge is 0.390 e. The van der Waals surface area contributed by atoms with Crippen LogP contribution in [-0.2, 0) is 23.2 Å². The van der Waals surface area contributed by atoms with Gasteiger partial charge < -0.3 is 20.2 Å². The van der Waals surface area contributed by atoms with E-state index in [2.05, 4.69) is 31.3 Å². The topological polar surface area (TPSA) is 89.9 Å². The Kier molecular flexibility index (Phi) is 5.77. The van der Waals surface area contributed by atoms with Gasteiger partial charge in [0.15, 0.2) is 0 Å². The van der Waals surface area contributed by atoms with E-state index in [9.17, 15) is 19.5 Å². The Morgan fingerprint density at radius 2 is 1.86 bits per heavy atom. The third kappa shape index (κ3) is 4.28. The predicted molar refractivity (Wildman–Crippen MR) is 139 cm³/mol. The van der Waals surface area contributed by atoms with E-state index in [1.165, 1.54) is 11.1 Å². The van der Waals surface area contributed by atoms with Crippen LogP contribution in [0.1, 0.15) is 70.5 Å². The van der Waals surface area contributed by atoms with E-state index >= 15 is 0 Å². The highest BCUT2D eigenvalue weighted by molar-refractivity contribution is 6.00. The van der Waals surface area contributed by atoms with E-state index in [1.54, 1.807) is 17.0 Å². The quantitative estimate of drug-likeness (QED) is 0.673. The number of likely N-dealkylation sites (tertiary alicyclic amines) is 1. The molecule has 2 N–H and O–H groups in total. The van der Waals surface area contributed by atoms with Crippen molar-refractivity contribution in [1.29, 1.82) is 0 Å². The van der Waals surface area contributed by atoms with Crippen LogP contribution in [-0.4, -0.2) is 70.8 Å². The van der Waals surface area contributed by atoms with Crippen LogP contribution in [0.4, 0.5) is 0 Å². The average Bonchev–Trinajstić information content (AvgIpc) is 3.31. The van der Waals surface area contributed by atoms with Gasteiger partial charge in [0, 0.05) is 73.6 Å². The standard InChI is InChI=1S/C30H35N3O4/c1-29(2)17-33(16-26(35)25-12-19-5-3-4-6-21(19)15-31-25)28(37)23-8-7-20(11-24(23)29)27(36)32-10-9-30(18-32)13-22(34)14-30/h3-8,11,25-26,31,35H,9-10,12-18H2,1-2H3/t25-,26+/m0/s1. The maximum atomic E-state index is 13.5. The zero-order valence-electron chi connectivity index (χ0n) is 21.6. The van der Waals surface area contributed by atoms with Crippen LogP contribution in [0.25, 0.3) is 0 Å². The van der Waals surface area contributed by atoms with Gasteiger partial charge in [-0.3, -0.25) is 14.4 Å². The lowest BCUT2D eigenvalue weighted by atomic mass is 9.67. The molecule has 37 heavy (non-hydrogen) atoms. The summed E-state index contributed by atoms with van der Waals surface area (Å²) in [4.78, 5) is 42.0. The molecule has 1 saturated heterocycles. The lowest BCUT2D eigenvalue weighted by molar-refractivity contribution is -0.131. The number of carbonyl (C=O) groups is 3. The number of Topliss-reactive ketones (excluding diaryl/α,β-unsaturated/α-hetero) is 1. The van der Waals surface area contributed by atoms with Crippen LogP contribution in [0.3, 0.4) is 0 Å². The van der Waals surface area contributed by atoms with Crippen LogP contribution in [0, 0.1) is 5.41 Å². The summed E-state index contributed by atoms with van der Waals surface area (Å²) < 4.78 is 0. The number of hydrogen-bond donors (Lipinski definition) is 2. The molecule has 2 aromatic carbocycles. The van der Waals surface area contributed by atoms with Gasteiger partial charge in [-0.05, 0) is 47.7 Å². The second-order valence-electron chi connectivity index (χ2n) is 12.2. The van der Waals surface area contributed by atoms with Crippen LogP contribution in [0.5, 0.6) is 0 Å². The van der Waals surface area contributed by atoms with Crippen LogP contribution >= 0.6 is 0 Å². The molecule has 3 heterocycles. The number of nitrogens with one attached hydrogen (secondary N) is 1. The summed E-state index contributed by atoms with van der Waals surface area (Å²) in [5.41, 5.74) is 4.21. The Morgan fingerprint density at radius 3 is 2.62 bits per heavy atom. The van der Waals surface area contributed by atoms with E-state index in [0.29, 0.717) is 55.9 Å². The summed E-state index contributed by atoms with van der Waals surface area (Å²) in [5.74, 6) is 0.169. The van der Waals surface area contributed by atoms with E-state index < -0.39 is 6.10 Å². The summed E-state index contributed by atoms with van der Waals surface area (Å²) in [6, 6.07) is 13.6. The second kappa shape index (κ2) is 8.77. The lowest BCUT2D eigenvalue weighted by Gasteiger charge is -2.41. The normalized spacial score (nSPS) is 24.5. The molecule has 7 heteroatoms. The first-order valence-electron chi connectivity index (χ1n) is 13.4. The number of hydrogen-bond acceptors (Lipinski definition) is 5. The molecule has 4 aliphatic rings. The summed E-state index contributed by atoms with van der Waals surface area (Å²) in [6.45, 7) is 6.95. The molecular formula is C30H35N3O4. The van der Waals surface area contributed by atoms with Crippen molar-refractivity contribution in [3.8, 4) is 0 Å². The van der Waals surface area contributed by atoms with E-state index in [4.69, 9.17) is 0 Å². The first kappa shape index (κ1) is 24.3. The number of aliphatic hydroxyl groups is 1. The van der Waals surface area contributed by atoms with Gasteiger partial charge in [-0.15, -0.1) is 0 Å². The van der Waals surface area contributed by atoms with Crippen LogP contribution in [0.15, 0.2) is 42.5 Å². The van der Waals surface area contributed by atoms with Gasteiger partial charge in [0.1, 0.15) is 5.78 Å². The van der Waals surface area contributed by atoms with Gasteiger partial charge in [0.05, 0.1) is 6.10 Å². The van der Waals surface area contributed by atoms with Crippen molar-refractivity contribution in [3.63, 3.8) is 0 Å². The fourth-order valence-electron chi connectivity index (χ4n) is 6.84. The molecule has 0 bridgehead atoms. The Labute approximate surface area is 217 Å². The molecule has 1 aliphatic carbocycles. The number of fused-ring (bicyclic) bond motifs is 2. The zero-order chi connectivity index (χ0) is 25.9. The summed E-state index contributed by atoms with van der Waals surface area (Å²) >= 11 is 0. The molecule has 194 valence electrons. The number of aliphatic hydroxyl groups excluding tert-OH is 1. The van der Waals surface area contributed by atoms with Crippen molar-refractivity contribution in [1.82, 2.24) is 15.1 Å². The maximum Gasteiger partial charge on any atom is 0.254 e. The molecule has 6 rings (SSSR count). The highest BCUT2D eigenvalue weighted by atomic mass is 16.3. The van der Waals surface area contributed by atoms with Crippen molar-refractivity contribution in [2.75, 3.05) is 26.2 Å². The maximum absolute atomic E-state index is 13.5. The van der Waals surface area contributed by atoms with Gasteiger partial charge in [0.25, 0.3) is 11.8 Å². The molecule has 7 nitrogen and oxygen atoms in total. The monoisotopic (exact) mass is 501 g/mol. The number of carbonyl (C=O) groups excluding carboxylic acids is 3. The van der Waals surface area contributed by atoms with E-state index in [0.717, 1.165) is 18.4 Å². The highest BCUT2D eigenvalue weighted by Crippen LogP contribution is 2.46. The first-order chi connectivity index (χ1) is 17.6. The zero-order valence-corrected chi connectivity index (χ0v) is 21.6. The second-order valence-corrected chi connectivity index (χ2v) is 12.2. The molecular weight excluding hydrogens is 466 g/mol.